The molecule has 0 radical (unpaired) electrons. The van der Waals surface area contributed by atoms with E-state index in [-0.39, 0.29) is 18.7 Å². The Hall–Kier alpha value is -2.87. The van der Waals surface area contributed by atoms with Crippen molar-refractivity contribution in [2.24, 2.45) is 0 Å². The Morgan fingerprint density at radius 1 is 1.11 bits per heavy atom. The lowest BCUT2D eigenvalue weighted by molar-refractivity contribution is -0.129. The number of halogens is 1. The molecule has 3 aromatic rings. The first kappa shape index (κ1) is 17.2. The monoisotopic (exact) mass is 441 g/mol. The highest BCUT2D eigenvalue weighted by Gasteiger charge is 2.36. The number of carbonyl (C=O) groups is 1. The number of hydrogen-bond donors (Lipinski definition) is 0. The van der Waals surface area contributed by atoms with Gasteiger partial charge in [-0.3, -0.25) is 4.79 Å². The SMILES string of the molecule is O=C1CCC(c2nc(-c3ccc4c(c3)OCO4)no2)N1Cc1ccc(Br)cc1. The molecule has 1 fully saturated rings. The van der Waals surface area contributed by atoms with E-state index in [1.54, 1.807) is 4.90 Å². The van der Waals surface area contributed by atoms with E-state index in [9.17, 15) is 4.79 Å². The van der Waals surface area contributed by atoms with Gasteiger partial charge in [0, 0.05) is 23.0 Å². The van der Waals surface area contributed by atoms with Crippen LogP contribution < -0.4 is 9.47 Å². The summed E-state index contributed by atoms with van der Waals surface area (Å²) in [6.45, 7) is 0.726. The van der Waals surface area contributed by atoms with Gasteiger partial charge in [-0.25, -0.2) is 0 Å². The van der Waals surface area contributed by atoms with Crippen molar-refractivity contribution in [3.63, 3.8) is 0 Å². The molecule has 28 heavy (non-hydrogen) atoms. The third-order valence-corrected chi connectivity index (χ3v) is 5.48. The van der Waals surface area contributed by atoms with E-state index in [2.05, 4.69) is 26.1 Å². The molecule has 1 saturated heterocycles. The van der Waals surface area contributed by atoms with Gasteiger partial charge in [0.2, 0.25) is 24.4 Å². The Morgan fingerprint density at radius 3 is 2.79 bits per heavy atom. The van der Waals surface area contributed by atoms with Gasteiger partial charge in [0.15, 0.2) is 11.5 Å². The molecule has 0 bridgehead atoms. The van der Waals surface area contributed by atoms with Crippen molar-refractivity contribution in [2.75, 3.05) is 6.79 Å². The second kappa shape index (κ2) is 6.94. The van der Waals surface area contributed by atoms with Crippen molar-refractivity contribution in [2.45, 2.75) is 25.4 Å². The maximum Gasteiger partial charge on any atom is 0.249 e. The smallest absolute Gasteiger partial charge is 0.249 e. The Balaban J connectivity index is 1.39. The number of carbonyl (C=O) groups excluding carboxylic acids is 1. The van der Waals surface area contributed by atoms with Crippen molar-refractivity contribution in [1.82, 2.24) is 15.0 Å². The van der Waals surface area contributed by atoms with Crippen molar-refractivity contribution in [3.05, 3.63) is 58.4 Å². The second-order valence-electron chi connectivity index (χ2n) is 6.73. The van der Waals surface area contributed by atoms with Crippen LogP contribution in [0.4, 0.5) is 0 Å². The molecule has 142 valence electrons. The third-order valence-electron chi connectivity index (χ3n) is 4.95. The zero-order valence-corrected chi connectivity index (χ0v) is 16.4. The average molecular weight is 442 g/mol. The fourth-order valence-electron chi connectivity index (χ4n) is 3.50. The van der Waals surface area contributed by atoms with E-state index in [0.29, 0.717) is 42.6 Å². The Labute approximate surface area is 169 Å². The van der Waals surface area contributed by atoms with Crippen LogP contribution in [-0.2, 0) is 11.3 Å². The fraction of sp³-hybridized carbons (Fsp3) is 0.250. The quantitative estimate of drug-likeness (QED) is 0.606. The zero-order valence-electron chi connectivity index (χ0n) is 14.8. The molecule has 2 aromatic carbocycles. The van der Waals surface area contributed by atoms with Gasteiger partial charge in [0.05, 0.1) is 0 Å². The molecule has 0 saturated carbocycles. The number of likely N-dealkylation sites (tertiary alicyclic amines) is 1. The number of nitrogens with zero attached hydrogens (tertiary/aromatic N) is 3. The number of fused-ring (bicyclic) bond motifs is 1. The summed E-state index contributed by atoms with van der Waals surface area (Å²) >= 11 is 3.43. The van der Waals surface area contributed by atoms with E-state index < -0.39 is 0 Å². The first-order valence-electron chi connectivity index (χ1n) is 8.95. The molecule has 0 aliphatic carbocycles. The molecule has 2 aliphatic rings. The predicted molar refractivity (Wildman–Crippen MR) is 103 cm³/mol. The molecule has 0 N–H and O–H groups in total. The number of amides is 1. The summed E-state index contributed by atoms with van der Waals surface area (Å²) in [6.07, 6.45) is 1.14. The summed E-state index contributed by atoms with van der Waals surface area (Å²) in [7, 11) is 0. The van der Waals surface area contributed by atoms with E-state index in [0.717, 1.165) is 15.6 Å². The highest BCUT2D eigenvalue weighted by Crippen LogP contribution is 2.37. The molecule has 0 spiro atoms. The van der Waals surface area contributed by atoms with Crippen LogP contribution in [0.1, 0.15) is 30.3 Å². The first-order valence-corrected chi connectivity index (χ1v) is 9.74. The van der Waals surface area contributed by atoms with Crippen molar-refractivity contribution >= 4 is 21.8 Å². The summed E-state index contributed by atoms with van der Waals surface area (Å²) in [4.78, 5) is 18.8. The molecule has 3 heterocycles. The first-order chi connectivity index (χ1) is 13.7. The number of ether oxygens (including phenoxy) is 2. The van der Waals surface area contributed by atoms with Gasteiger partial charge in [0.1, 0.15) is 6.04 Å². The van der Waals surface area contributed by atoms with Crippen LogP contribution in [0.3, 0.4) is 0 Å². The Bertz CT molecular complexity index is 1030. The number of rotatable bonds is 4. The standard InChI is InChI=1S/C20H16BrN3O4/c21-14-4-1-12(2-5-14)10-24-15(6-8-18(24)25)20-22-19(23-28-20)13-3-7-16-17(9-13)27-11-26-16/h1-5,7,9,15H,6,8,10-11H2. The molecule has 8 heteroatoms. The minimum Gasteiger partial charge on any atom is -0.454 e. The van der Waals surface area contributed by atoms with E-state index >= 15 is 0 Å². The van der Waals surface area contributed by atoms with Crippen LogP contribution in [0.15, 0.2) is 51.5 Å². The summed E-state index contributed by atoms with van der Waals surface area (Å²) < 4.78 is 17.3. The number of benzene rings is 2. The van der Waals surface area contributed by atoms with Gasteiger partial charge in [-0.1, -0.05) is 33.2 Å². The summed E-state index contributed by atoms with van der Waals surface area (Å²) in [5.41, 5.74) is 1.84. The Morgan fingerprint density at radius 2 is 1.93 bits per heavy atom. The maximum atomic E-state index is 12.4. The second-order valence-corrected chi connectivity index (χ2v) is 7.64. The molecule has 1 amide bonds. The summed E-state index contributed by atoms with van der Waals surface area (Å²) in [5.74, 6) is 2.38. The van der Waals surface area contributed by atoms with Crippen LogP contribution in [0.5, 0.6) is 11.5 Å². The van der Waals surface area contributed by atoms with Crippen molar-refractivity contribution in [3.8, 4) is 22.9 Å². The van der Waals surface area contributed by atoms with Gasteiger partial charge in [-0.05, 0) is 42.3 Å². The average Bonchev–Trinajstić information content (AvgIpc) is 3.43. The van der Waals surface area contributed by atoms with Crippen LogP contribution in [0.25, 0.3) is 11.4 Å². The van der Waals surface area contributed by atoms with Crippen molar-refractivity contribution < 1.29 is 18.8 Å². The maximum absolute atomic E-state index is 12.4. The van der Waals surface area contributed by atoms with E-state index in [1.165, 1.54) is 0 Å². The zero-order chi connectivity index (χ0) is 19.1. The van der Waals surface area contributed by atoms with Gasteiger partial charge in [0.25, 0.3) is 0 Å². The normalized spacial score (nSPS) is 18.1. The van der Waals surface area contributed by atoms with Gasteiger partial charge < -0.3 is 18.9 Å². The molecular weight excluding hydrogens is 426 g/mol. The molecule has 1 unspecified atom stereocenters. The lowest BCUT2D eigenvalue weighted by atomic mass is 10.1. The van der Waals surface area contributed by atoms with Crippen LogP contribution in [0, 0.1) is 0 Å². The highest BCUT2D eigenvalue weighted by molar-refractivity contribution is 9.10. The molecule has 1 atom stereocenters. The fourth-order valence-corrected chi connectivity index (χ4v) is 3.76. The molecule has 5 rings (SSSR count). The number of aromatic nitrogens is 2. The molecular formula is C20H16BrN3O4. The van der Waals surface area contributed by atoms with Crippen LogP contribution >= 0.6 is 15.9 Å². The van der Waals surface area contributed by atoms with Crippen LogP contribution in [0.2, 0.25) is 0 Å². The molecule has 7 nitrogen and oxygen atoms in total. The van der Waals surface area contributed by atoms with Gasteiger partial charge in [-0.15, -0.1) is 0 Å². The predicted octanol–water partition coefficient (Wildman–Crippen LogP) is 4.09. The highest BCUT2D eigenvalue weighted by atomic mass is 79.9. The van der Waals surface area contributed by atoms with Gasteiger partial charge in [-0.2, -0.15) is 4.98 Å². The largest absolute Gasteiger partial charge is 0.454 e. The molecule has 1 aromatic heterocycles. The van der Waals surface area contributed by atoms with Gasteiger partial charge >= 0.3 is 0 Å². The van der Waals surface area contributed by atoms with Crippen molar-refractivity contribution in [1.29, 1.82) is 0 Å². The topological polar surface area (TPSA) is 77.7 Å². The minimum absolute atomic E-state index is 0.0933. The Kier molecular flexibility index (Phi) is 4.27. The minimum atomic E-state index is -0.216. The van der Waals surface area contributed by atoms with E-state index in [1.807, 2.05) is 42.5 Å². The van der Waals surface area contributed by atoms with Crippen LogP contribution in [-0.4, -0.2) is 27.7 Å². The lowest BCUT2D eigenvalue weighted by Gasteiger charge is -2.22. The third kappa shape index (κ3) is 3.13. The molecule has 2 aliphatic heterocycles. The lowest BCUT2D eigenvalue weighted by Crippen LogP contribution is -2.27. The van der Waals surface area contributed by atoms with E-state index in [4.69, 9.17) is 14.0 Å². The summed E-state index contributed by atoms with van der Waals surface area (Å²) in [5, 5.41) is 4.11. The summed E-state index contributed by atoms with van der Waals surface area (Å²) in [6, 6.07) is 13.2. The number of hydrogen-bond acceptors (Lipinski definition) is 6.